The van der Waals surface area contributed by atoms with Crippen molar-refractivity contribution in [2.75, 3.05) is 48.5 Å². The summed E-state index contributed by atoms with van der Waals surface area (Å²) in [7, 11) is 1.51. The van der Waals surface area contributed by atoms with Gasteiger partial charge < -0.3 is 40.5 Å². The van der Waals surface area contributed by atoms with Crippen LogP contribution in [0.3, 0.4) is 0 Å². The molecule has 4 amide bonds. The molecule has 4 aromatic rings. The number of nitrogens with one attached hydrogen (secondary N) is 6. The van der Waals surface area contributed by atoms with Crippen molar-refractivity contribution in [1.82, 2.24) is 35.8 Å². The van der Waals surface area contributed by atoms with Crippen molar-refractivity contribution in [1.29, 1.82) is 10.8 Å². The smallest absolute Gasteiger partial charge is 0.251 e. The van der Waals surface area contributed by atoms with E-state index >= 15 is 0 Å². The molecule has 2 aliphatic heterocycles. The molecule has 19 heteroatoms. The lowest BCUT2D eigenvalue weighted by Gasteiger charge is -2.44. The van der Waals surface area contributed by atoms with E-state index in [0.717, 1.165) is 53.7 Å². The van der Waals surface area contributed by atoms with E-state index in [4.69, 9.17) is 25.3 Å². The van der Waals surface area contributed by atoms with Gasteiger partial charge in [-0.3, -0.25) is 34.9 Å². The number of anilines is 4. The summed E-state index contributed by atoms with van der Waals surface area (Å²) in [5.74, 6) is 0.439. The third-order valence-corrected chi connectivity index (χ3v) is 13.8. The SMILES string of the molecule is CC[C@@H]1C(=N)N(C=N)c2cnc(Nc3ccc(C(=O)NCCCOCC(=O)N[C@H](C(=O)N4CCC[C@H]4C(=O)NCc4ccc(-c5scnc5C)cc4)C(C)(C)C)cc3OC)nc2N1C1CCCC1. The number of hydrogen-bond acceptors (Lipinski definition) is 14. The minimum atomic E-state index is -0.881. The van der Waals surface area contributed by atoms with E-state index in [1.807, 2.05) is 64.4 Å². The van der Waals surface area contributed by atoms with Crippen LogP contribution >= 0.6 is 11.3 Å². The normalized spacial score (nSPS) is 17.7. The molecule has 1 saturated heterocycles. The van der Waals surface area contributed by atoms with Crippen molar-refractivity contribution in [2.45, 2.75) is 117 Å². The van der Waals surface area contributed by atoms with Gasteiger partial charge >= 0.3 is 0 Å². The van der Waals surface area contributed by atoms with Gasteiger partial charge in [0, 0.05) is 37.8 Å². The second-order valence-electron chi connectivity index (χ2n) is 18.5. The van der Waals surface area contributed by atoms with Crippen molar-refractivity contribution >= 4 is 70.3 Å². The molecule has 0 unspecified atom stereocenters. The molecule has 7 rings (SSSR count). The predicted octanol–water partition coefficient (Wildman–Crippen LogP) is 6.57. The first-order chi connectivity index (χ1) is 32.7. The van der Waals surface area contributed by atoms with Gasteiger partial charge in [-0.25, -0.2) is 9.97 Å². The molecule has 4 heterocycles. The summed E-state index contributed by atoms with van der Waals surface area (Å²) in [4.78, 5) is 74.0. The van der Waals surface area contributed by atoms with Gasteiger partial charge in [-0.2, -0.15) is 4.98 Å². The van der Waals surface area contributed by atoms with Crippen LogP contribution in [-0.2, 0) is 25.7 Å². The molecule has 1 aliphatic carbocycles. The molecular weight excluding hydrogens is 885 g/mol. The van der Waals surface area contributed by atoms with Crippen LogP contribution < -0.4 is 35.8 Å². The Hall–Kier alpha value is -6.47. The van der Waals surface area contributed by atoms with Crippen LogP contribution in [0.1, 0.15) is 101 Å². The number of rotatable bonds is 19. The van der Waals surface area contributed by atoms with Crippen LogP contribution in [0.5, 0.6) is 5.75 Å². The van der Waals surface area contributed by atoms with Crippen molar-refractivity contribution in [3.05, 3.63) is 71.0 Å². The number of carbonyl (C=O) groups is 4. The number of nitrogens with zero attached hydrogens (tertiary/aromatic N) is 6. The number of fused-ring (bicyclic) bond motifs is 1. The molecule has 18 nitrogen and oxygen atoms in total. The first-order valence-electron chi connectivity index (χ1n) is 23.4. The monoisotopic (exact) mass is 948 g/mol. The Morgan fingerprint density at radius 2 is 1.78 bits per heavy atom. The molecule has 2 fully saturated rings. The predicted molar refractivity (Wildman–Crippen MR) is 264 cm³/mol. The molecule has 6 N–H and O–H groups in total. The van der Waals surface area contributed by atoms with Gasteiger partial charge in [0.15, 0.2) is 5.82 Å². The van der Waals surface area contributed by atoms with Crippen LogP contribution in [0.4, 0.5) is 23.1 Å². The highest BCUT2D eigenvalue weighted by Gasteiger charge is 2.42. The van der Waals surface area contributed by atoms with Gasteiger partial charge in [-0.05, 0) is 80.2 Å². The quantitative estimate of drug-likeness (QED) is 0.0333. The lowest BCUT2D eigenvalue weighted by Crippen LogP contribution is -2.58. The molecule has 0 radical (unpaired) electrons. The number of benzene rings is 2. The summed E-state index contributed by atoms with van der Waals surface area (Å²) in [6, 6.07) is 11.5. The average molecular weight is 949 g/mol. The fourth-order valence-corrected chi connectivity index (χ4v) is 9.99. The fourth-order valence-electron chi connectivity index (χ4n) is 9.17. The molecule has 2 aromatic heterocycles. The number of ether oxygens (including phenoxy) is 2. The first-order valence-corrected chi connectivity index (χ1v) is 24.3. The maximum atomic E-state index is 14.0. The highest BCUT2D eigenvalue weighted by molar-refractivity contribution is 7.13. The number of hydrogen-bond donors (Lipinski definition) is 6. The maximum absolute atomic E-state index is 14.0. The molecule has 68 heavy (non-hydrogen) atoms. The number of thiazole rings is 1. The van der Waals surface area contributed by atoms with Gasteiger partial charge in [-0.15, -0.1) is 11.3 Å². The number of aromatic nitrogens is 3. The number of amidine groups is 1. The van der Waals surface area contributed by atoms with Crippen LogP contribution in [-0.4, -0.2) is 113 Å². The van der Waals surface area contributed by atoms with Crippen LogP contribution in [0.15, 0.2) is 54.2 Å². The van der Waals surface area contributed by atoms with Crippen LogP contribution in [0.2, 0.25) is 0 Å². The summed E-state index contributed by atoms with van der Waals surface area (Å²) in [6.45, 7) is 10.6. The number of aryl methyl sites for hydroxylation is 1. The van der Waals surface area contributed by atoms with Crippen molar-refractivity contribution in [2.24, 2.45) is 5.41 Å². The lowest BCUT2D eigenvalue weighted by molar-refractivity contribution is -0.144. The molecule has 0 spiro atoms. The molecule has 3 atom stereocenters. The molecule has 362 valence electrons. The van der Waals surface area contributed by atoms with Gasteiger partial charge in [-0.1, -0.05) is 64.8 Å². The molecule has 2 aromatic carbocycles. The van der Waals surface area contributed by atoms with E-state index in [0.29, 0.717) is 79.1 Å². The molecule has 0 bridgehead atoms. The number of likely N-dealkylation sites (tertiary alicyclic amines) is 1. The Morgan fingerprint density at radius 1 is 1.01 bits per heavy atom. The number of methoxy groups -OCH3 is 1. The first kappa shape index (κ1) is 49.4. The lowest BCUT2D eigenvalue weighted by atomic mass is 9.85. The van der Waals surface area contributed by atoms with Crippen molar-refractivity contribution in [3.8, 4) is 16.2 Å². The zero-order valence-electron chi connectivity index (χ0n) is 39.8. The zero-order chi connectivity index (χ0) is 48.5. The summed E-state index contributed by atoms with van der Waals surface area (Å²) in [5, 5.41) is 28.9. The topological polar surface area (TPSA) is 231 Å². The Kier molecular flexibility index (Phi) is 16.1. The highest BCUT2D eigenvalue weighted by atomic mass is 32.1. The second-order valence-corrected chi connectivity index (χ2v) is 19.4. The van der Waals surface area contributed by atoms with Gasteiger partial charge in [0.25, 0.3) is 5.91 Å². The minimum absolute atomic E-state index is 0.187. The van der Waals surface area contributed by atoms with E-state index in [1.54, 1.807) is 40.6 Å². The second kappa shape index (κ2) is 22.1. The van der Waals surface area contributed by atoms with E-state index in [9.17, 15) is 19.2 Å². The highest BCUT2D eigenvalue weighted by Crippen LogP contribution is 2.41. The van der Waals surface area contributed by atoms with E-state index < -0.39 is 23.4 Å². The summed E-state index contributed by atoms with van der Waals surface area (Å²) in [5.41, 5.74) is 5.70. The zero-order valence-corrected chi connectivity index (χ0v) is 40.6. The summed E-state index contributed by atoms with van der Waals surface area (Å²) < 4.78 is 11.3. The van der Waals surface area contributed by atoms with E-state index in [-0.39, 0.29) is 49.6 Å². The molecule has 1 saturated carbocycles. The Balaban J connectivity index is 0.863. The van der Waals surface area contributed by atoms with E-state index in [1.165, 1.54) is 12.0 Å². The van der Waals surface area contributed by atoms with Crippen molar-refractivity contribution < 1.29 is 28.7 Å². The average Bonchev–Trinajstić information content (AvgIpc) is 4.14. The van der Waals surface area contributed by atoms with Crippen LogP contribution in [0, 0.1) is 23.2 Å². The fraction of sp³-hybridized carbons (Fsp3) is 0.490. The van der Waals surface area contributed by atoms with Gasteiger partial charge in [0.2, 0.25) is 23.7 Å². The van der Waals surface area contributed by atoms with Crippen molar-refractivity contribution in [3.63, 3.8) is 0 Å². The largest absolute Gasteiger partial charge is 0.495 e. The Bertz CT molecular complexity index is 2470. The van der Waals surface area contributed by atoms with E-state index in [2.05, 4.69) is 36.1 Å². The number of amides is 4. The molecule has 3 aliphatic rings. The summed E-state index contributed by atoms with van der Waals surface area (Å²) >= 11 is 1.59. The number of carbonyl (C=O) groups excluding carboxylic acids is 4. The third kappa shape index (κ3) is 11.3. The third-order valence-electron chi connectivity index (χ3n) is 12.8. The summed E-state index contributed by atoms with van der Waals surface area (Å²) in [6.07, 6.45) is 9.39. The van der Waals surface area contributed by atoms with Gasteiger partial charge in [0.1, 0.15) is 36.0 Å². The minimum Gasteiger partial charge on any atom is -0.495 e. The van der Waals surface area contributed by atoms with Crippen LogP contribution in [0.25, 0.3) is 10.4 Å². The van der Waals surface area contributed by atoms with Gasteiger partial charge in [0.05, 0.1) is 47.5 Å². The standard InChI is InChI=1S/C49H64N12O6S/c1-7-36-43(51)60(28-50)38-26-54-48(58-44(38)61(36)34-12-8-9-13-34)56-35-20-19-33(24-39(35)66-6)45(63)52-21-11-23-67-27-40(62)57-42(49(3,4)5)47(65)59-22-10-14-37(59)46(64)53-25-31-15-17-32(18-16-31)41-30(2)55-29-68-41/h15-20,24,26,28-29,34,36-37,42,50-51H,7-14,21-23,25,27H2,1-6H3,(H,52,63)(H,53,64)(H,57,62)(H,54,56,58)/t36-,37+,42-/m1/s1. The Morgan fingerprint density at radius 3 is 2.46 bits per heavy atom. The Labute approximate surface area is 402 Å². The maximum Gasteiger partial charge on any atom is 0.251 e. The molecular formula is C49H64N12O6S.